The summed E-state index contributed by atoms with van der Waals surface area (Å²) in [5, 5.41) is 12.9. The Kier molecular flexibility index (Phi) is 2.00. The van der Waals surface area contributed by atoms with Gasteiger partial charge in [-0.2, -0.15) is 5.26 Å². The van der Waals surface area contributed by atoms with E-state index in [1.54, 1.807) is 0 Å². The predicted molar refractivity (Wildman–Crippen MR) is 54.6 cm³/mol. The molecule has 0 aliphatic rings. The van der Waals surface area contributed by atoms with Crippen LogP contribution in [0, 0.1) is 11.3 Å². The number of thiophene rings is 1. The van der Waals surface area contributed by atoms with Crippen molar-refractivity contribution in [1.82, 2.24) is 4.98 Å². The fourth-order valence-electron chi connectivity index (χ4n) is 0.930. The molecule has 0 aliphatic carbocycles. The number of rotatable bonds is 1. The number of hydrogen-bond donors (Lipinski definition) is 1. The van der Waals surface area contributed by atoms with E-state index in [1.807, 2.05) is 16.8 Å². The van der Waals surface area contributed by atoms with E-state index in [1.165, 1.54) is 22.7 Å². The van der Waals surface area contributed by atoms with Crippen molar-refractivity contribution in [3.05, 3.63) is 22.4 Å². The first-order chi connectivity index (χ1) is 6.29. The molecule has 2 heterocycles. The normalized spacial score (nSPS) is 9.77. The molecule has 2 N–H and O–H groups in total. The van der Waals surface area contributed by atoms with Gasteiger partial charge in [0.05, 0.1) is 16.1 Å². The van der Waals surface area contributed by atoms with Crippen molar-refractivity contribution in [2.24, 2.45) is 0 Å². The number of nitrogens with zero attached hydrogens (tertiary/aromatic N) is 2. The standard InChI is InChI=1S/C8H5N3S2/c9-2-5-1-7(12-3-5)6-4-13-8(10)11-6/h1,3-4H,(H2,10,11). The first-order valence-electron chi connectivity index (χ1n) is 3.49. The van der Waals surface area contributed by atoms with Crippen molar-refractivity contribution in [3.63, 3.8) is 0 Å². The smallest absolute Gasteiger partial charge is 0.180 e. The van der Waals surface area contributed by atoms with E-state index in [4.69, 9.17) is 11.0 Å². The van der Waals surface area contributed by atoms with Crippen LogP contribution < -0.4 is 5.73 Å². The van der Waals surface area contributed by atoms with Gasteiger partial charge in [-0.3, -0.25) is 0 Å². The third-order valence-corrected chi connectivity index (χ3v) is 3.13. The van der Waals surface area contributed by atoms with Crippen molar-refractivity contribution >= 4 is 27.8 Å². The van der Waals surface area contributed by atoms with E-state index < -0.39 is 0 Å². The molecule has 0 amide bonds. The molecule has 64 valence electrons. The molecule has 0 saturated carbocycles. The van der Waals surface area contributed by atoms with Gasteiger partial charge in [0.1, 0.15) is 6.07 Å². The van der Waals surface area contributed by atoms with Crippen LogP contribution >= 0.6 is 22.7 Å². The first-order valence-corrected chi connectivity index (χ1v) is 5.25. The molecule has 2 aromatic heterocycles. The Bertz CT molecular complexity index is 464. The fraction of sp³-hybridized carbons (Fsp3) is 0. The maximum absolute atomic E-state index is 8.62. The minimum atomic E-state index is 0.557. The summed E-state index contributed by atoms with van der Waals surface area (Å²) in [6.07, 6.45) is 0. The second-order valence-electron chi connectivity index (χ2n) is 2.38. The van der Waals surface area contributed by atoms with Crippen LogP contribution in [-0.2, 0) is 0 Å². The number of hydrogen-bond acceptors (Lipinski definition) is 5. The van der Waals surface area contributed by atoms with Crippen molar-refractivity contribution in [2.75, 3.05) is 5.73 Å². The lowest BCUT2D eigenvalue weighted by molar-refractivity contribution is 1.43. The van der Waals surface area contributed by atoms with Crippen LogP contribution in [0.15, 0.2) is 16.8 Å². The van der Waals surface area contributed by atoms with Gasteiger partial charge in [-0.25, -0.2) is 4.98 Å². The van der Waals surface area contributed by atoms with Gasteiger partial charge in [0, 0.05) is 10.8 Å². The van der Waals surface area contributed by atoms with Crippen molar-refractivity contribution in [3.8, 4) is 16.6 Å². The zero-order valence-corrected chi connectivity index (χ0v) is 8.15. The third kappa shape index (κ3) is 1.54. The molecule has 0 radical (unpaired) electrons. The maximum Gasteiger partial charge on any atom is 0.180 e. The van der Waals surface area contributed by atoms with Gasteiger partial charge in [0.25, 0.3) is 0 Å². The average molecular weight is 207 g/mol. The zero-order valence-electron chi connectivity index (χ0n) is 6.52. The Morgan fingerprint density at radius 1 is 1.38 bits per heavy atom. The topological polar surface area (TPSA) is 62.7 Å². The summed E-state index contributed by atoms with van der Waals surface area (Å²) in [7, 11) is 0. The van der Waals surface area contributed by atoms with Crippen LogP contribution in [0.4, 0.5) is 5.13 Å². The molecule has 0 atom stereocenters. The number of nitrogens with two attached hydrogens (primary N) is 1. The Hall–Kier alpha value is -1.38. The maximum atomic E-state index is 8.62. The number of nitriles is 1. The highest BCUT2D eigenvalue weighted by molar-refractivity contribution is 7.15. The molecule has 2 rings (SSSR count). The predicted octanol–water partition coefficient (Wildman–Crippen LogP) is 2.33. The van der Waals surface area contributed by atoms with Crippen molar-refractivity contribution in [1.29, 1.82) is 5.26 Å². The van der Waals surface area contributed by atoms with E-state index in [2.05, 4.69) is 11.1 Å². The molecule has 0 spiro atoms. The summed E-state index contributed by atoms with van der Waals surface area (Å²) < 4.78 is 0. The quantitative estimate of drug-likeness (QED) is 0.780. The number of aromatic nitrogens is 1. The molecule has 5 heteroatoms. The van der Waals surface area contributed by atoms with E-state index in [0.29, 0.717) is 10.7 Å². The summed E-state index contributed by atoms with van der Waals surface area (Å²) >= 11 is 2.91. The van der Waals surface area contributed by atoms with Gasteiger partial charge in [0.2, 0.25) is 0 Å². The second kappa shape index (κ2) is 3.17. The minimum absolute atomic E-state index is 0.557. The van der Waals surface area contributed by atoms with Crippen LogP contribution in [0.5, 0.6) is 0 Å². The lowest BCUT2D eigenvalue weighted by Gasteiger charge is -1.85. The molecule has 2 aromatic rings. The van der Waals surface area contributed by atoms with Crippen LogP contribution in [-0.4, -0.2) is 4.98 Å². The minimum Gasteiger partial charge on any atom is -0.375 e. The summed E-state index contributed by atoms with van der Waals surface area (Å²) in [5.74, 6) is 0. The third-order valence-electron chi connectivity index (χ3n) is 1.50. The Labute approximate surface area is 83.1 Å². The van der Waals surface area contributed by atoms with E-state index in [-0.39, 0.29) is 0 Å². The fourth-order valence-corrected chi connectivity index (χ4v) is 2.36. The second-order valence-corrected chi connectivity index (χ2v) is 4.18. The Balaban J connectivity index is 2.42. The van der Waals surface area contributed by atoms with Crippen LogP contribution in [0.2, 0.25) is 0 Å². The van der Waals surface area contributed by atoms with Crippen LogP contribution in [0.25, 0.3) is 10.6 Å². The monoisotopic (exact) mass is 207 g/mol. The van der Waals surface area contributed by atoms with Gasteiger partial charge in [-0.15, -0.1) is 22.7 Å². The molecule has 0 fully saturated rings. The SMILES string of the molecule is N#Cc1csc(-c2csc(N)n2)c1. The van der Waals surface area contributed by atoms with Crippen molar-refractivity contribution in [2.45, 2.75) is 0 Å². The van der Waals surface area contributed by atoms with E-state index in [9.17, 15) is 0 Å². The number of thiazole rings is 1. The summed E-state index contributed by atoms with van der Waals surface area (Å²) in [5.41, 5.74) is 7.03. The van der Waals surface area contributed by atoms with Gasteiger partial charge in [-0.05, 0) is 6.07 Å². The Morgan fingerprint density at radius 3 is 2.77 bits per heavy atom. The highest BCUT2D eigenvalue weighted by Crippen LogP contribution is 2.28. The van der Waals surface area contributed by atoms with Gasteiger partial charge < -0.3 is 5.73 Å². The van der Waals surface area contributed by atoms with Crippen LogP contribution in [0.3, 0.4) is 0 Å². The molecular formula is C8H5N3S2. The molecule has 0 bridgehead atoms. The van der Waals surface area contributed by atoms with Gasteiger partial charge >= 0.3 is 0 Å². The zero-order chi connectivity index (χ0) is 9.26. The Morgan fingerprint density at radius 2 is 2.23 bits per heavy atom. The largest absolute Gasteiger partial charge is 0.375 e. The molecule has 0 aliphatic heterocycles. The molecule has 13 heavy (non-hydrogen) atoms. The van der Waals surface area contributed by atoms with Gasteiger partial charge in [0.15, 0.2) is 5.13 Å². The van der Waals surface area contributed by atoms with E-state index in [0.717, 1.165) is 10.6 Å². The molecule has 0 unspecified atom stereocenters. The average Bonchev–Trinajstić information content (AvgIpc) is 2.71. The summed E-state index contributed by atoms with van der Waals surface area (Å²) in [6.45, 7) is 0. The lowest BCUT2D eigenvalue weighted by Crippen LogP contribution is -1.80. The number of anilines is 1. The highest BCUT2D eigenvalue weighted by atomic mass is 32.1. The van der Waals surface area contributed by atoms with Gasteiger partial charge in [-0.1, -0.05) is 0 Å². The lowest BCUT2D eigenvalue weighted by atomic mass is 10.3. The summed E-state index contributed by atoms with van der Waals surface area (Å²) in [4.78, 5) is 5.12. The van der Waals surface area contributed by atoms with Crippen LogP contribution in [0.1, 0.15) is 5.56 Å². The van der Waals surface area contributed by atoms with Crippen molar-refractivity contribution < 1.29 is 0 Å². The first kappa shape index (κ1) is 8.23. The molecular weight excluding hydrogens is 202 g/mol. The molecule has 3 nitrogen and oxygen atoms in total. The molecule has 0 aromatic carbocycles. The molecule has 0 saturated heterocycles. The summed E-state index contributed by atoms with van der Waals surface area (Å²) in [6, 6.07) is 3.90. The van der Waals surface area contributed by atoms with E-state index >= 15 is 0 Å². The highest BCUT2D eigenvalue weighted by Gasteiger charge is 2.05. The number of nitrogen functional groups attached to an aromatic ring is 1.